The van der Waals surface area contributed by atoms with E-state index in [0.717, 1.165) is 33.8 Å². The molecule has 0 bridgehead atoms. The summed E-state index contributed by atoms with van der Waals surface area (Å²) in [6.45, 7) is -5.19. The Hall–Kier alpha value is -3.28. The van der Waals surface area contributed by atoms with Gasteiger partial charge in [0.2, 0.25) is 0 Å². The van der Waals surface area contributed by atoms with E-state index in [1.165, 1.54) is 30.4 Å². The second kappa shape index (κ2) is 13.0. The van der Waals surface area contributed by atoms with Gasteiger partial charge in [-0.15, -0.1) is 0 Å². The second-order valence-electron chi connectivity index (χ2n) is 13.3. The summed E-state index contributed by atoms with van der Waals surface area (Å²) >= 11 is -4.36. The van der Waals surface area contributed by atoms with Gasteiger partial charge in [-0.05, 0) is 0 Å². The molecule has 0 unspecified atom stereocenters. The quantitative estimate of drug-likeness (QED) is 0.131. The van der Waals surface area contributed by atoms with E-state index in [9.17, 15) is 0 Å². The minimum Gasteiger partial charge on any atom is 0 e. The van der Waals surface area contributed by atoms with Gasteiger partial charge in [-0.3, -0.25) is 0 Å². The van der Waals surface area contributed by atoms with Crippen molar-refractivity contribution in [2.45, 2.75) is 42.5 Å². The average Bonchev–Trinajstić information content (AvgIpc) is 3.60. The Kier molecular flexibility index (Phi) is 7.35. The van der Waals surface area contributed by atoms with Crippen molar-refractivity contribution in [3.05, 3.63) is 127 Å². The molecule has 4 heterocycles. The molecule has 47 heavy (non-hydrogen) atoms. The molecule has 7 aromatic rings. The molecule has 237 valence electrons. The van der Waals surface area contributed by atoms with Crippen LogP contribution in [0, 0.1) is 25.8 Å². The van der Waals surface area contributed by atoms with Crippen LogP contribution >= 0.6 is 0 Å². The van der Waals surface area contributed by atoms with Gasteiger partial charge in [0.05, 0.1) is 0 Å². The normalized spacial score (nSPS) is 15.4. The maximum Gasteiger partial charge on any atom is 0 e. The topological polar surface area (TPSA) is 38.9 Å². The van der Waals surface area contributed by atoms with Crippen LogP contribution < -0.4 is 13.2 Å². The summed E-state index contributed by atoms with van der Waals surface area (Å²) in [4.78, 5) is 8.88. The van der Waals surface area contributed by atoms with Crippen LogP contribution in [0.15, 0.2) is 108 Å². The maximum atomic E-state index is 7.92. The number of aryl methyl sites for hydroxylation is 2. The summed E-state index contributed by atoms with van der Waals surface area (Å²) in [6.07, 6.45) is 3.18. The first-order valence-electron chi connectivity index (χ1n) is 18.4. The largest absolute Gasteiger partial charge is 0 e. The van der Waals surface area contributed by atoms with Crippen LogP contribution in [0.25, 0.3) is 55.6 Å². The number of pyridine rings is 2. The third-order valence-electron chi connectivity index (χ3n) is 8.89. The number of hydrogen-bond acceptors (Lipinski definition) is 3. The molecule has 6 heteroatoms. The van der Waals surface area contributed by atoms with E-state index in [4.69, 9.17) is 12.6 Å². The van der Waals surface area contributed by atoms with E-state index in [1.807, 2.05) is 36.5 Å². The van der Waals surface area contributed by atoms with Crippen molar-refractivity contribution in [1.29, 1.82) is 0 Å². The van der Waals surface area contributed by atoms with E-state index in [-0.39, 0.29) is 31.2 Å². The number of furan rings is 1. The SMILES string of the molecule is [2H]C([2H])([2H])c1cnc(-c2[c-]ccc3c2oc2[c]4c(ccc23)-c2cccc[c]2[Ge]4([CH3])[CH3])cc1C([2H])([2H])[2H].[CH3][Ge]([CH3])([CH3])[c]1ccc(-c2[c-]cccc2)nc1.[Ir]. The smallest absolute Gasteiger partial charge is 0 e. The van der Waals surface area contributed by atoms with Gasteiger partial charge in [0.25, 0.3) is 0 Å². The van der Waals surface area contributed by atoms with Crippen molar-refractivity contribution in [3.63, 3.8) is 0 Å². The molecular formula is C41H38Ge2IrN2O-2. The molecule has 1 aliphatic heterocycles. The monoisotopic (exact) mass is 921 g/mol. The fourth-order valence-corrected chi connectivity index (χ4v) is 15.5. The Balaban J connectivity index is 0.000000238. The molecule has 0 saturated heterocycles. The fraction of sp³-hybridized carbons (Fsp3) is 0.171. The summed E-state index contributed by atoms with van der Waals surface area (Å²) < 4.78 is 57.8. The molecule has 0 N–H and O–H groups in total. The van der Waals surface area contributed by atoms with Gasteiger partial charge in [-0.2, -0.15) is 0 Å². The molecule has 8 rings (SSSR count). The molecule has 1 aliphatic rings. The Bertz CT molecular complexity index is 2450. The summed E-state index contributed by atoms with van der Waals surface area (Å²) in [5, 5.41) is 1.90. The first kappa shape index (κ1) is 26.6. The Morgan fingerprint density at radius 2 is 1.49 bits per heavy atom. The van der Waals surface area contributed by atoms with Crippen LogP contribution in [-0.4, -0.2) is 36.5 Å². The zero-order valence-corrected chi connectivity index (χ0v) is 33.5. The van der Waals surface area contributed by atoms with Crippen LogP contribution in [0.2, 0.25) is 28.8 Å². The minimum atomic E-state index is -2.64. The van der Waals surface area contributed by atoms with Gasteiger partial charge in [-0.25, -0.2) is 0 Å². The summed E-state index contributed by atoms with van der Waals surface area (Å²) in [7, 11) is 0. The third-order valence-corrected chi connectivity index (χ3v) is 20.6. The van der Waals surface area contributed by atoms with Gasteiger partial charge in [0, 0.05) is 20.1 Å². The molecular weight excluding hydrogens is 874 g/mol. The van der Waals surface area contributed by atoms with Crippen molar-refractivity contribution < 1.29 is 32.7 Å². The standard InChI is InChI=1S/C27H22GeNO.C14H16GeN.Ir/c1-16-14-24(29-15-17(16)2)22-10-7-9-20-21-13-12-19-18-8-5-6-11-23(18)28(3,4)25(19)27(21)30-26(20)22;1-15(2,3)13-9-10-14(16-11-13)12-7-5-4-6-8-12;/h5-9,11-15H,1-4H3;4-7,9-11H,1-3H3;/q2*-1;/i1D3,2D3;;. The van der Waals surface area contributed by atoms with Crippen LogP contribution in [0.5, 0.6) is 0 Å². The number of fused-ring (bicyclic) bond motifs is 7. The molecule has 1 radical (unpaired) electrons. The van der Waals surface area contributed by atoms with Crippen molar-refractivity contribution in [2.75, 3.05) is 0 Å². The molecule has 0 aliphatic carbocycles. The predicted molar refractivity (Wildman–Crippen MR) is 199 cm³/mol. The fourth-order valence-electron chi connectivity index (χ4n) is 6.38. The van der Waals surface area contributed by atoms with Gasteiger partial charge in [0.15, 0.2) is 0 Å². The summed E-state index contributed by atoms with van der Waals surface area (Å²) in [5.41, 5.74) is 6.33. The van der Waals surface area contributed by atoms with E-state index < -0.39 is 40.2 Å². The number of aromatic nitrogens is 2. The van der Waals surface area contributed by atoms with Crippen molar-refractivity contribution in [2.24, 2.45) is 0 Å². The van der Waals surface area contributed by atoms with Crippen molar-refractivity contribution >= 4 is 61.7 Å². The molecule has 0 saturated carbocycles. The molecule has 3 aromatic heterocycles. The predicted octanol–water partition coefficient (Wildman–Crippen LogP) is 8.96. The summed E-state index contributed by atoms with van der Waals surface area (Å²) in [5.74, 6) is 11.9. The van der Waals surface area contributed by atoms with E-state index >= 15 is 0 Å². The van der Waals surface area contributed by atoms with Crippen LogP contribution in [0.3, 0.4) is 0 Å². The summed E-state index contributed by atoms with van der Waals surface area (Å²) in [6, 6.07) is 36.5. The van der Waals surface area contributed by atoms with Gasteiger partial charge in [0.1, 0.15) is 0 Å². The number of rotatable bonds is 3. The zero-order chi connectivity index (χ0) is 37.2. The Labute approximate surface area is 305 Å². The van der Waals surface area contributed by atoms with E-state index in [0.29, 0.717) is 16.8 Å². The Morgan fingerprint density at radius 3 is 2.21 bits per heavy atom. The van der Waals surface area contributed by atoms with Crippen LogP contribution in [0.4, 0.5) is 0 Å². The molecule has 0 atom stereocenters. The number of benzene rings is 4. The first-order valence-corrected chi connectivity index (χ1v) is 29.1. The van der Waals surface area contributed by atoms with Gasteiger partial charge >= 0.3 is 287 Å². The third kappa shape index (κ3) is 6.10. The zero-order valence-electron chi connectivity index (χ0n) is 33.0. The minimum absolute atomic E-state index is 0. The molecule has 0 fully saturated rings. The average molecular weight is 918 g/mol. The van der Waals surface area contributed by atoms with Crippen molar-refractivity contribution in [1.82, 2.24) is 9.97 Å². The van der Waals surface area contributed by atoms with E-state index in [2.05, 4.69) is 99.4 Å². The number of hydrogen-bond donors (Lipinski definition) is 0. The second-order valence-corrected chi connectivity index (χ2v) is 33.0. The molecule has 0 spiro atoms. The molecule has 0 amide bonds. The van der Waals surface area contributed by atoms with Gasteiger partial charge in [-0.1, -0.05) is 0 Å². The van der Waals surface area contributed by atoms with E-state index in [1.54, 1.807) is 6.07 Å². The van der Waals surface area contributed by atoms with Crippen LogP contribution in [-0.2, 0) is 20.1 Å². The number of nitrogens with zero attached hydrogens (tertiary/aromatic N) is 2. The van der Waals surface area contributed by atoms with Crippen LogP contribution in [0.1, 0.15) is 19.4 Å². The molecule has 3 nitrogen and oxygen atoms in total. The molecule has 4 aromatic carbocycles. The van der Waals surface area contributed by atoms with Gasteiger partial charge < -0.3 is 0 Å². The maximum absolute atomic E-state index is 7.92. The Morgan fingerprint density at radius 1 is 0.723 bits per heavy atom. The van der Waals surface area contributed by atoms with Crippen molar-refractivity contribution in [3.8, 4) is 33.6 Å². The first-order chi connectivity index (χ1) is 24.5.